The second-order valence-electron chi connectivity index (χ2n) is 6.08. The lowest BCUT2D eigenvalue weighted by molar-refractivity contribution is 0.223. The van der Waals surface area contributed by atoms with Crippen molar-refractivity contribution in [2.24, 2.45) is 0 Å². The highest BCUT2D eigenvalue weighted by molar-refractivity contribution is 5.60. The minimum absolute atomic E-state index is 0.0176. The zero-order valence-electron chi connectivity index (χ0n) is 15.9. The SMILES string of the molecule is CCN(Cc1nc(-c2ccc(OC)c(OC)c2)no1)Cc1c(F)cccc1F. The van der Waals surface area contributed by atoms with Gasteiger partial charge in [0.05, 0.1) is 20.8 Å². The van der Waals surface area contributed by atoms with Gasteiger partial charge in [-0.3, -0.25) is 4.90 Å². The number of hydrogen-bond acceptors (Lipinski definition) is 6. The molecule has 1 aromatic heterocycles. The van der Waals surface area contributed by atoms with Gasteiger partial charge >= 0.3 is 0 Å². The quantitative estimate of drug-likeness (QED) is 0.579. The van der Waals surface area contributed by atoms with Crippen molar-refractivity contribution < 1.29 is 22.8 Å². The van der Waals surface area contributed by atoms with Gasteiger partial charge in [0, 0.05) is 17.7 Å². The van der Waals surface area contributed by atoms with E-state index in [0.717, 1.165) is 0 Å². The fourth-order valence-electron chi connectivity index (χ4n) is 2.79. The molecule has 0 aliphatic rings. The van der Waals surface area contributed by atoms with Crippen molar-refractivity contribution in [3.63, 3.8) is 0 Å². The van der Waals surface area contributed by atoms with Crippen LogP contribution in [-0.4, -0.2) is 35.8 Å². The zero-order valence-corrected chi connectivity index (χ0v) is 15.9. The van der Waals surface area contributed by atoms with E-state index in [1.807, 2.05) is 11.8 Å². The summed E-state index contributed by atoms with van der Waals surface area (Å²) in [6.45, 7) is 2.82. The number of hydrogen-bond donors (Lipinski definition) is 0. The number of benzene rings is 2. The molecular formula is C20H21F2N3O3. The maximum Gasteiger partial charge on any atom is 0.241 e. The molecule has 28 heavy (non-hydrogen) atoms. The summed E-state index contributed by atoms with van der Waals surface area (Å²) < 4.78 is 43.6. The summed E-state index contributed by atoms with van der Waals surface area (Å²) in [4.78, 5) is 6.20. The van der Waals surface area contributed by atoms with Crippen LogP contribution in [0.1, 0.15) is 18.4 Å². The van der Waals surface area contributed by atoms with Crippen LogP contribution >= 0.6 is 0 Å². The summed E-state index contributed by atoms with van der Waals surface area (Å²) in [5.74, 6) is 0.744. The molecule has 6 nitrogen and oxygen atoms in total. The van der Waals surface area contributed by atoms with Crippen molar-refractivity contribution >= 4 is 0 Å². The monoisotopic (exact) mass is 389 g/mol. The second kappa shape index (κ2) is 8.79. The molecular weight excluding hydrogens is 368 g/mol. The molecule has 8 heteroatoms. The first-order valence-electron chi connectivity index (χ1n) is 8.76. The normalized spacial score (nSPS) is 11.1. The van der Waals surface area contributed by atoms with Crippen molar-refractivity contribution in [1.82, 2.24) is 15.0 Å². The summed E-state index contributed by atoms with van der Waals surface area (Å²) in [5, 5.41) is 3.99. The summed E-state index contributed by atoms with van der Waals surface area (Å²) in [6.07, 6.45) is 0. The highest BCUT2D eigenvalue weighted by atomic mass is 19.1. The van der Waals surface area contributed by atoms with Crippen molar-refractivity contribution in [2.75, 3.05) is 20.8 Å². The van der Waals surface area contributed by atoms with E-state index >= 15 is 0 Å². The van der Waals surface area contributed by atoms with Crippen molar-refractivity contribution in [3.05, 3.63) is 59.5 Å². The maximum atomic E-state index is 13.9. The van der Waals surface area contributed by atoms with E-state index in [0.29, 0.717) is 35.3 Å². The molecule has 0 bridgehead atoms. The van der Waals surface area contributed by atoms with E-state index in [9.17, 15) is 8.78 Å². The van der Waals surface area contributed by atoms with Crippen LogP contribution in [0.3, 0.4) is 0 Å². The van der Waals surface area contributed by atoms with Crippen LogP contribution in [0, 0.1) is 11.6 Å². The Morgan fingerprint density at radius 2 is 1.71 bits per heavy atom. The molecule has 0 N–H and O–H groups in total. The lowest BCUT2D eigenvalue weighted by Crippen LogP contribution is -2.23. The largest absolute Gasteiger partial charge is 0.493 e. The van der Waals surface area contributed by atoms with E-state index < -0.39 is 11.6 Å². The molecule has 0 fully saturated rings. The molecule has 0 saturated carbocycles. The standard InChI is InChI=1S/C20H21F2N3O3/c1-4-25(11-14-15(21)6-5-7-16(14)22)12-19-23-20(24-28-19)13-8-9-17(26-2)18(10-13)27-3/h5-10H,4,11-12H2,1-3H3. The van der Waals surface area contributed by atoms with Gasteiger partial charge in [-0.15, -0.1) is 0 Å². The second-order valence-corrected chi connectivity index (χ2v) is 6.08. The molecule has 1 heterocycles. The molecule has 0 atom stereocenters. The van der Waals surface area contributed by atoms with E-state index in [4.69, 9.17) is 14.0 Å². The number of nitrogens with zero attached hydrogens (tertiary/aromatic N) is 3. The third kappa shape index (κ3) is 4.28. The van der Waals surface area contributed by atoms with Crippen LogP contribution in [-0.2, 0) is 13.1 Å². The topological polar surface area (TPSA) is 60.6 Å². The molecule has 3 rings (SSSR count). The molecule has 0 amide bonds. The third-order valence-electron chi connectivity index (χ3n) is 4.36. The van der Waals surface area contributed by atoms with Crippen LogP contribution in [0.5, 0.6) is 11.5 Å². The van der Waals surface area contributed by atoms with Crippen LogP contribution in [0.4, 0.5) is 8.78 Å². The van der Waals surface area contributed by atoms with Gasteiger partial charge in [-0.05, 0) is 36.9 Å². The summed E-state index contributed by atoms with van der Waals surface area (Å²) in [6, 6.07) is 9.13. The number of rotatable bonds is 8. The van der Waals surface area contributed by atoms with Crippen LogP contribution in [0.2, 0.25) is 0 Å². The molecule has 0 saturated heterocycles. The Morgan fingerprint density at radius 1 is 1.00 bits per heavy atom. The van der Waals surface area contributed by atoms with E-state index in [1.54, 1.807) is 32.4 Å². The Bertz CT molecular complexity index is 926. The van der Waals surface area contributed by atoms with Crippen LogP contribution in [0.15, 0.2) is 40.9 Å². The molecule has 148 valence electrons. The van der Waals surface area contributed by atoms with Crippen molar-refractivity contribution in [2.45, 2.75) is 20.0 Å². The Labute approximate surface area is 161 Å². The Morgan fingerprint density at radius 3 is 2.36 bits per heavy atom. The van der Waals surface area contributed by atoms with E-state index in [-0.39, 0.29) is 18.7 Å². The van der Waals surface area contributed by atoms with Crippen molar-refractivity contribution in [1.29, 1.82) is 0 Å². The molecule has 0 unspecified atom stereocenters. The Hall–Kier alpha value is -3.00. The number of methoxy groups -OCH3 is 2. The van der Waals surface area contributed by atoms with Gasteiger partial charge in [-0.25, -0.2) is 8.78 Å². The molecule has 3 aromatic rings. The fourth-order valence-corrected chi connectivity index (χ4v) is 2.79. The lowest BCUT2D eigenvalue weighted by Gasteiger charge is -2.18. The van der Waals surface area contributed by atoms with Gasteiger partial charge in [0.2, 0.25) is 11.7 Å². The van der Waals surface area contributed by atoms with Gasteiger partial charge in [0.1, 0.15) is 11.6 Å². The van der Waals surface area contributed by atoms with E-state index in [1.165, 1.54) is 18.2 Å². The predicted octanol–water partition coefficient (Wildman–Crippen LogP) is 4.05. The fraction of sp³-hybridized carbons (Fsp3) is 0.300. The highest BCUT2D eigenvalue weighted by Gasteiger charge is 2.17. The first-order chi connectivity index (χ1) is 13.5. The van der Waals surface area contributed by atoms with Crippen LogP contribution in [0.25, 0.3) is 11.4 Å². The van der Waals surface area contributed by atoms with Crippen LogP contribution < -0.4 is 9.47 Å². The minimum atomic E-state index is -0.574. The molecule has 0 spiro atoms. The number of aromatic nitrogens is 2. The average Bonchev–Trinajstić information content (AvgIpc) is 3.17. The number of ether oxygens (including phenoxy) is 2. The van der Waals surface area contributed by atoms with Gasteiger partial charge in [0.15, 0.2) is 11.5 Å². The zero-order chi connectivity index (χ0) is 20.1. The molecule has 0 aliphatic carbocycles. The summed E-state index contributed by atoms with van der Waals surface area (Å²) in [7, 11) is 3.10. The Balaban J connectivity index is 1.76. The smallest absolute Gasteiger partial charge is 0.241 e. The molecule has 0 aliphatic heterocycles. The van der Waals surface area contributed by atoms with Gasteiger partial charge in [-0.1, -0.05) is 18.1 Å². The van der Waals surface area contributed by atoms with Gasteiger partial charge in [0.25, 0.3) is 0 Å². The Kier molecular flexibility index (Phi) is 6.20. The predicted molar refractivity (Wildman–Crippen MR) is 99.0 cm³/mol. The first-order valence-corrected chi connectivity index (χ1v) is 8.76. The first kappa shape index (κ1) is 19.8. The lowest BCUT2D eigenvalue weighted by atomic mass is 10.2. The molecule has 0 radical (unpaired) electrons. The van der Waals surface area contributed by atoms with Gasteiger partial charge in [-0.2, -0.15) is 4.98 Å². The summed E-state index contributed by atoms with van der Waals surface area (Å²) in [5.41, 5.74) is 0.722. The molecule has 2 aromatic carbocycles. The van der Waals surface area contributed by atoms with Crippen molar-refractivity contribution in [3.8, 4) is 22.9 Å². The minimum Gasteiger partial charge on any atom is -0.493 e. The average molecular weight is 389 g/mol. The van der Waals surface area contributed by atoms with E-state index in [2.05, 4.69) is 10.1 Å². The summed E-state index contributed by atoms with van der Waals surface area (Å²) >= 11 is 0. The number of halogens is 2. The van der Waals surface area contributed by atoms with Gasteiger partial charge < -0.3 is 14.0 Å². The highest BCUT2D eigenvalue weighted by Crippen LogP contribution is 2.31. The third-order valence-corrected chi connectivity index (χ3v) is 4.36. The maximum absolute atomic E-state index is 13.9.